The van der Waals surface area contributed by atoms with Gasteiger partial charge in [-0.25, -0.2) is 0 Å². The van der Waals surface area contributed by atoms with E-state index in [1.807, 2.05) is 13.8 Å². The van der Waals surface area contributed by atoms with Crippen molar-refractivity contribution in [2.75, 3.05) is 0 Å². The topological polar surface area (TPSA) is 0 Å². The zero-order valence-corrected chi connectivity index (χ0v) is 12.8. The summed E-state index contributed by atoms with van der Waals surface area (Å²) in [6, 6.07) is 19.5. The molecule has 2 aromatic carbocycles. The van der Waals surface area contributed by atoms with Gasteiger partial charge in [-0.05, 0) is 40.5 Å². The number of allylic oxidation sites excluding steroid dienone is 4. The molecule has 21 heavy (non-hydrogen) atoms. The Morgan fingerprint density at radius 3 is 2.00 bits per heavy atom. The van der Waals surface area contributed by atoms with Crippen LogP contribution in [0.15, 0.2) is 72.8 Å². The molecule has 0 bridgehead atoms. The van der Waals surface area contributed by atoms with E-state index >= 15 is 0 Å². The van der Waals surface area contributed by atoms with E-state index in [0.717, 1.165) is 11.8 Å². The number of rotatable bonds is 2. The largest absolute Gasteiger partial charge is 0.0802 e. The Morgan fingerprint density at radius 2 is 1.33 bits per heavy atom. The Labute approximate surface area is 127 Å². The lowest BCUT2D eigenvalue weighted by molar-refractivity contribution is 0.985. The minimum Gasteiger partial charge on any atom is -0.0802 e. The van der Waals surface area contributed by atoms with E-state index in [2.05, 4.69) is 72.8 Å². The molecule has 1 saturated carbocycles. The maximum absolute atomic E-state index is 2.43. The summed E-state index contributed by atoms with van der Waals surface area (Å²) in [6.45, 7) is 4.00. The molecule has 0 heteroatoms. The summed E-state index contributed by atoms with van der Waals surface area (Å²) < 4.78 is 0. The van der Waals surface area contributed by atoms with Crippen molar-refractivity contribution in [3.05, 3.63) is 78.4 Å². The maximum atomic E-state index is 2.43. The Morgan fingerprint density at radius 1 is 0.714 bits per heavy atom. The molecule has 0 spiro atoms. The van der Waals surface area contributed by atoms with Crippen LogP contribution in [-0.2, 0) is 0 Å². The van der Waals surface area contributed by atoms with Crippen molar-refractivity contribution in [2.24, 2.45) is 11.8 Å². The molecule has 0 aliphatic heterocycles. The lowest BCUT2D eigenvalue weighted by Gasteiger charge is -2.08. The van der Waals surface area contributed by atoms with Gasteiger partial charge in [-0.15, -0.1) is 0 Å². The average Bonchev–Trinajstić information content (AvgIpc) is 3.36. The van der Waals surface area contributed by atoms with Gasteiger partial charge in [-0.2, -0.15) is 0 Å². The third-order valence-electron chi connectivity index (χ3n) is 4.13. The van der Waals surface area contributed by atoms with Crippen LogP contribution in [0.2, 0.25) is 0 Å². The summed E-state index contributed by atoms with van der Waals surface area (Å²) >= 11 is 0. The van der Waals surface area contributed by atoms with Crippen LogP contribution in [0, 0.1) is 11.8 Å². The number of fused-ring (bicyclic) bond motifs is 1. The Balaban J connectivity index is 0.000000636. The smallest absolute Gasteiger partial charge is 0.0155 e. The van der Waals surface area contributed by atoms with Gasteiger partial charge in [-0.1, -0.05) is 86.7 Å². The van der Waals surface area contributed by atoms with Crippen LogP contribution >= 0.6 is 0 Å². The molecule has 2 aliphatic rings. The van der Waals surface area contributed by atoms with E-state index in [1.54, 1.807) is 0 Å². The minimum absolute atomic E-state index is 0.814. The molecule has 4 rings (SSSR count). The summed E-state index contributed by atoms with van der Waals surface area (Å²) in [6.07, 6.45) is 8.43. The van der Waals surface area contributed by atoms with Crippen molar-refractivity contribution in [2.45, 2.75) is 20.3 Å². The first kappa shape index (κ1) is 13.9. The zero-order chi connectivity index (χ0) is 14.7. The first-order chi connectivity index (χ1) is 10.4. The highest BCUT2D eigenvalue weighted by atomic mass is 14.4. The molecule has 0 radical (unpaired) electrons. The van der Waals surface area contributed by atoms with Crippen LogP contribution in [0.3, 0.4) is 0 Å². The van der Waals surface area contributed by atoms with E-state index in [-0.39, 0.29) is 0 Å². The normalized spacial score (nSPS) is 21.7. The monoisotopic (exact) mass is 274 g/mol. The average molecular weight is 274 g/mol. The Bertz CT molecular complexity index is 644. The number of hydrogen-bond acceptors (Lipinski definition) is 0. The zero-order valence-electron chi connectivity index (χ0n) is 12.8. The molecule has 2 atom stereocenters. The van der Waals surface area contributed by atoms with Crippen molar-refractivity contribution in [3.8, 4) is 11.1 Å². The van der Waals surface area contributed by atoms with Crippen molar-refractivity contribution < 1.29 is 0 Å². The van der Waals surface area contributed by atoms with E-state index < -0.39 is 0 Å². The molecular formula is C21H22. The second kappa shape index (κ2) is 6.13. The quantitative estimate of drug-likeness (QED) is 0.633. The summed E-state index contributed by atoms with van der Waals surface area (Å²) in [5.74, 6) is 1.65. The van der Waals surface area contributed by atoms with Gasteiger partial charge in [0, 0.05) is 0 Å². The molecule has 106 valence electrons. The Hall–Kier alpha value is -2.08. The first-order valence-corrected chi connectivity index (χ1v) is 7.96. The van der Waals surface area contributed by atoms with Crippen molar-refractivity contribution in [1.82, 2.24) is 0 Å². The molecule has 0 N–H and O–H groups in total. The highest BCUT2D eigenvalue weighted by Gasteiger charge is 2.34. The fourth-order valence-electron chi connectivity index (χ4n) is 2.84. The highest BCUT2D eigenvalue weighted by Crippen LogP contribution is 2.45. The number of hydrogen-bond donors (Lipinski definition) is 0. The third-order valence-corrected chi connectivity index (χ3v) is 4.13. The predicted octanol–water partition coefficient (Wildman–Crippen LogP) is 5.97. The van der Waals surface area contributed by atoms with Gasteiger partial charge in [0.05, 0.1) is 0 Å². The second-order valence-electron chi connectivity index (χ2n) is 5.49. The van der Waals surface area contributed by atoms with Gasteiger partial charge in [0.1, 0.15) is 0 Å². The fraction of sp³-hybridized carbons (Fsp3) is 0.238. The third kappa shape index (κ3) is 3.00. The van der Waals surface area contributed by atoms with E-state index in [4.69, 9.17) is 0 Å². The van der Waals surface area contributed by atoms with Crippen LogP contribution in [0.4, 0.5) is 0 Å². The SMILES string of the molecule is C1=CC2CC2C=C1c1ccc(-c2ccccc2)cc1.CC. The lowest BCUT2D eigenvalue weighted by atomic mass is 9.97. The van der Waals surface area contributed by atoms with E-state index in [9.17, 15) is 0 Å². The standard InChI is InChI=1S/C19H16.C2H6/c1-2-4-14(5-3-1)15-6-8-16(9-7-15)17-10-11-18-13-19(18)12-17;1-2/h1-12,18-19H,13H2;1-2H3. The van der Waals surface area contributed by atoms with Crippen LogP contribution in [0.5, 0.6) is 0 Å². The predicted molar refractivity (Wildman–Crippen MR) is 91.9 cm³/mol. The van der Waals surface area contributed by atoms with Gasteiger partial charge in [0.25, 0.3) is 0 Å². The van der Waals surface area contributed by atoms with Crippen LogP contribution in [0.25, 0.3) is 16.7 Å². The van der Waals surface area contributed by atoms with Gasteiger partial charge in [0.2, 0.25) is 0 Å². The van der Waals surface area contributed by atoms with Crippen LogP contribution < -0.4 is 0 Å². The Kier molecular flexibility index (Phi) is 4.06. The van der Waals surface area contributed by atoms with Crippen LogP contribution in [-0.4, -0.2) is 0 Å². The summed E-state index contributed by atoms with van der Waals surface area (Å²) in [7, 11) is 0. The molecule has 0 saturated heterocycles. The minimum atomic E-state index is 0.814. The van der Waals surface area contributed by atoms with Gasteiger partial charge < -0.3 is 0 Å². The molecule has 0 nitrogen and oxygen atoms in total. The molecule has 0 aromatic heterocycles. The van der Waals surface area contributed by atoms with Crippen molar-refractivity contribution >= 4 is 5.57 Å². The summed E-state index contributed by atoms with van der Waals surface area (Å²) in [4.78, 5) is 0. The van der Waals surface area contributed by atoms with E-state index in [1.165, 1.54) is 28.7 Å². The maximum Gasteiger partial charge on any atom is -0.0155 e. The molecular weight excluding hydrogens is 252 g/mol. The highest BCUT2D eigenvalue weighted by molar-refractivity contribution is 5.77. The fourth-order valence-corrected chi connectivity index (χ4v) is 2.84. The van der Waals surface area contributed by atoms with Gasteiger partial charge in [-0.3, -0.25) is 0 Å². The van der Waals surface area contributed by atoms with Crippen molar-refractivity contribution in [3.63, 3.8) is 0 Å². The molecule has 1 fully saturated rings. The molecule has 2 aromatic rings. The molecule has 2 unspecified atom stereocenters. The van der Waals surface area contributed by atoms with Crippen molar-refractivity contribution in [1.29, 1.82) is 0 Å². The second-order valence-corrected chi connectivity index (χ2v) is 5.49. The molecule has 0 heterocycles. The molecule has 2 aliphatic carbocycles. The summed E-state index contributed by atoms with van der Waals surface area (Å²) in [5.41, 5.74) is 5.29. The van der Waals surface area contributed by atoms with E-state index in [0.29, 0.717) is 0 Å². The van der Waals surface area contributed by atoms with Gasteiger partial charge >= 0.3 is 0 Å². The first-order valence-electron chi connectivity index (χ1n) is 7.96. The van der Waals surface area contributed by atoms with Crippen LogP contribution in [0.1, 0.15) is 25.8 Å². The summed E-state index contributed by atoms with van der Waals surface area (Å²) in [5, 5.41) is 0. The molecule has 0 amide bonds. The number of benzene rings is 2. The lowest BCUT2D eigenvalue weighted by Crippen LogP contribution is -1.88. The van der Waals surface area contributed by atoms with Gasteiger partial charge in [0.15, 0.2) is 0 Å².